The number of rotatable bonds is 8. The molecule has 172 valence electrons. The van der Waals surface area contributed by atoms with Crippen LogP contribution in [0.4, 0.5) is 9.52 Å². The normalized spacial score (nSPS) is 21.2. The Labute approximate surface area is 198 Å². The number of nitrogen functional groups attached to an aromatic ring is 1. The van der Waals surface area contributed by atoms with Gasteiger partial charge in [0.1, 0.15) is 40.1 Å². The maximum atomic E-state index is 13.4. The number of thiazole rings is 1. The van der Waals surface area contributed by atoms with Crippen molar-refractivity contribution in [3.63, 3.8) is 0 Å². The van der Waals surface area contributed by atoms with Crippen LogP contribution in [-0.2, 0) is 19.2 Å². The maximum Gasteiger partial charge on any atom is 0.353 e. The number of carbonyl (C=O) groups is 3. The van der Waals surface area contributed by atoms with Crippen molar-refractivity contribution >= 4 is 75.1 Å². The van der Waals surface area contributed by atoms with Gasteiger partial charge in [-0.05, 0) is 0 Å². The number of hydrogen-bond donors (Lipinski definition) is 4. The third-order valence-electron chi connectivity index (χ3n) is 4.17. The van der Waals surface area contributed by atoms with Gasteiger partial charge >= 0.3 is 5.97 Å². The number of nitrogens with zero attached hydrogens (tertiary/aromatic N) is 3. The highest BCUT2D eigenvalue weighted by molar-refractivity contribution is 8.08. The first-order chi connectivity index (χ1) is 15.2. The number of halogens is 2. The summed E-state index contributed by atoms with van der Waals surface area (Å²) >= 11 is 9.04. The second kappa shape index (κ2) is 10.1. The molecule has 0 bridgehead atoms. The fraction of sp³-hybridized carbons (Fsp3) is 0.312. The van der Waals surface area contributed by atoms with Crippen molar-refractivity contribution in [1.82, 2.24) is 15.2 Å². The van der Waals surface area contributed by atoms with Gasteiger partial charge in [0.25, 0.3) is 11.8 Å². The summed E-state index contributed by atoms with van der Waals surface area (Å²) in [4.78, 5) is 47.3. The van der Waals surface area contributed by atoms with E-state index in [2.05, 4.69) is 20.3 Å². The predicted molar refractivity (Wildman–Crippen MR) is 121 cm³/mol. The van der Waals surface area contributed by atoms with Gasteiger partial charge in [0, 0.05) is 22.6 Å². The summed E-state index contributed by atoms with van der Waals surface area (Å²) < 4.78 is 13.5. The zero-order chi connectivity index (χ0) is 23.6. The zero-order valence-electron chi connectivity index (χ0n) is 16.2. The summed E-state index contributed by atoms with van der Waals surface area (Å²) in [5.74, 6) is -3.22. The number of thioether (sulfide) groups is 2. The molecule has 0 spiro atoms. The number of carboxylic acid groups (broad SMARTS) is 1. The quantitative estimate of drug-likeness (QED) is 0.218. The van der Waals surface area contributed by atoms with Crippen LogP contribution < -0.4 is 16.8 Å². The van der Waals surface area contributed by atoms with Crippen LogP contribution in [0.1, 0.15) is 5.69 Å². The highest BCUT2D eigenvalue weighted by Gasteiger charge is 2.54. The van der Waals surface area contributed by atoms with Crippen LogP contribution in [0.2, 0.25) is 4.34 Å². The van der Waals surface area contributed by atoms with E-state index < -0.39 is 35.0 Å². The number of carboxylic acids is 1. The Kier molecular flexibility index (Phi) is 7.66. The molecule has 0 aromatic carbocycles. The molecule has 2 aliphatic heterocycles. The molecule has 1 unspecified atom stereocenters. The Hall–Kier alpha value is -2.33. The van der Waals surface area contributed by atoms with E-state index in [1.54, 1.807) is 0 Å². The Morgan fingerprint density at radius 3 is 2.84 bits per heavy atom. The Morgan fingerprint density at radius 2 is 2.28 bits per heavy atom. The van der Waals surface area contributed by atoms with Crippen LogP contribution in [0.3, 0.4) is 0 Å². The number of β-lactam (4-membered cyclic amide) rings is 1. The molecule has 2 aliphatic rings. The van der Waals surface area contributed by atoms with Gasteiger partial charge < -0.3 is 26.7 Å². The number of oxime groups is 1. The first-order valence-corrected chi connectivity index (χ1v) is 11.8. The summed E-state index contributed by atoms with van der Waals surface area (Å²) in [5.41, 5.74) is 10.2. The molecular formula is C16H16ClFN6O5S3. The second-order valence-corrected chi connectivity index (χ2v) is 9.82. The predicted octanol–water partition coefficient (Wildman–Crippen LogP) is 0.928. The SMILES string of the molecule is CO/N=C(\C(=O)NC1C(=O)N2C(C(=O)O)=C(S/C=C(\F)CN)CS[C@H]12)c1nc(N)sc1Cl. The van der Waals surface area contributed by atoms with Gasteiger partial charge in [-0.1, -0.05) is 39.9 Å². The van der Waals surface area contributed by atoms with Crippen molar-refractivity contribution in [1.29, 1.82) is 0 Å². The van der Waals surface area contributed by atoms with E-state index in [9.17, 15) is 23.9 Å². The minimum absolute atomic E-state index is 0.00744. The topological polar surface area (TPSA) is 173 Å². The molecule has 1 aromatic rings. The summed E-state index contributed by atoms with van der Waals surface area (Å²) in [5, 5.41) is 16.3. The van der Waals surface area contributed by atoms with Crippen molar-refractivity contribution in [2.45, 2.75) is 11.4 Å². The summed E-state index contributed by atoms with van der Waals surface area (Å²) in [6.45, 7) is -0.324. The molecule has 3 heterocycles. The third-order valence-corrected chi connectivity index (χ3v) is 7.71. The number of hydrogen-bond acceptors (Lipinski definition) is 11. The Morgan fingerprint density at radius 1 is 1.56 bits per heavy atom. The molecule has 2 atom stereocenters. The molecule has 1 saturated heterocycles. The highest BCUT2D eigenvalue weighted by Crippen LogP contribution is 2.44. The fourth-order valence-corrected chi connectivity index (χ4v) is 6.08. The van der Waals surface area contributed by atoms with Gasteiger partial charge in [-0.2, -0.15) is 0 Å². The Bertz CT molecular complexity index is 1060. The number of fused-ring (bicyclic) bond motifs is 1. The number of aromatic nitrogens is 1. The van der Waals surface area contributed by atoms with Crippen LogP contribution >= 0.6 is 46.5 Å². The molecule has 16 heteroatoms. The monoisotopic (exact) mass is 522 g/mol. The van der Waals surface area contributed by atoms with E-state index in [0.717, 1.165) is 33.4 Å². The summed E-state index contributed by atoms with van der Waals surface area (Å²) in [7, 11) is 1.22. The van der Waals surface area contributed by atoms with E-state index in [-0.39, 0.29) is 43.8 Å². The number of aliphatic carboxylic acids is 1. The van der Waals surface area contributed by atoms with Gasteiger partial charge in [0.05, 0.1) is 0 Å². The molecule has 0 aliphatic carbocycles. The number of anilines is 1. The first-order valence-electron chi connectivity index (χ1n) is 8.66. The van der Waals surface area contributed by atoms with Gasteiger partial charge in [-0.15, -0.1) is 11.8 Å². The lowest BCUT2D eigenvalue weighted by Crippen LogP contribution is -2.71. The van der Waals surface area contributed by atoms with E-state index in [4.69, 9.17) is 23.1 Å². The van der Waals surface area contributed by atoms with Gasteiger partial charge in [0.2, 0.25) is 0 Å². The molecule has 1 fully saturated rings. The largest absolute Gasteiger partial charge is 0.477 e. The zero-order valence-corrected chi connectivity index (χ0v) is 19.4. The van der Waals surface area contributed by atoms with Crippen molar-refractivity contribution in [3.8, 4) is 0 Å². The number of nitrogens with two attached hydrogens (primary N) is 2. The van der Waals surface area contributed by atoms with Gasteiger partial charge in [-0.3, -0.25) is 14.5 Å². The molecule has 1 aromatic heterocycles. The Balaban J connectivity index is 1.80. The van der Waals surface area contributed by atoms with Crippen molar-refractivity contribution in [2.24, 2.45) is 10.9 Å². The lowest BCUT2D eigenvalue weighted by molar-refractivity contribution is -0.150. The van der Waals surface area contributed by atoms with Crippen molar-refractivity contribution < 1.29 is 28.7 Å². The van der Waals surface area contributed by atoms with Crippen LogP contribution in [0.25, 0.3) is 0 Å². The average molecular weight is 523 g/mol. The third kappa shape index (κ3) is 4.71. The number of nitrogens with one attached hydrogen (secondary N) is 1. The summed E-state index contributed by atoms with van der Waals surface area (Å²) in [6.07, 6.45) is 0. The van der Waals surface area contributed by atoms with Gasteiger partial charge in [0.15, 0.2) is 10.8 Å². The van der Waals surface area contributed by atoms with E-state index in [0.29, 0.717) is 0 Å². The molecule has 0 saturated carbocycles. The number of amides is 2. The molecule has 11 nitrogen and oxygen atoms in total. The van der Waals surface area contributed by atoms with E-state index in [1.807, 2.05) is 0 Å². The molecule has 3 rings (SSSR count). The smallest absolute Gasteiger partial charge is 0.353 e. The number of carbonyl (C=O) groups excluding carboxylic acids is 2. The molecule has 32 heavy (non-hydrogen) atoms. The van der Waals surface area contributed by atoms with Crippen molar-refractivity contribution in [3.05, 3.63) is 31.9 Å². The fourth-order valence-electron chi connectivity index (χ4n) is 2.82. The van der Waals surface area contributed by atoms with Crippen LogP contribution in [-0.4, -0.2) is 69.3 Å². The van der Waals surface area contributed by atoms with E-state index >= 15 is 0 Å². The highest BCUT2D eigenvalue weighted by atomic mass is 35.5. The minimum Gasteiger partial charge on any atom is -0.477 e. The first kappa shape index (κ1) is 24.3. The standard InChI is InChI=1S/C16H16ClFN6O5S3/c1-29-23-8(7-11(17)32-16(20)22-7)12(25)21-9-13(26)24-10(15(27)28)6(4-31-14(9)24)30-3-5(18)2-19/h3,9,14H,2,4,19H2,1H3,(H2,20,22)(H,21,25)(H,27,28)/b5-3-,23-8-/t9?,14-/m1/s1. The minimum atomic E-state index is -1.34. The average Bonchev–Trinajstić information content (AvgIpc) is 3.10. The molecular weight excluding hydrogens is 507 g/mol. The molecule has 6 N–H and O–H groups in total. The van der Waals surface area contributed by atoms with Gasteiger partial charge in [-0.25, -0.2) is 14.2 Å². The maximum absolute atomic E-state index is 13.4. The lowest BCUT2D eigenvalue weighted by Gasteiger charge is -2.49. The van der Waals surface area contributed by atoms with Crippen LogP contribution in [0, 0.1) is 0 Å². The van der Waals surface area contributed by atoms with Crippen molar-refractivity contribution in [2.75, 3.05) is 25.1 Å². The second-order valence-electron chi connectivity index (χ2n) is 6.12. The molecule has 2 amide bonds. The van der Waals surface area contributed by atoms with Crippen LogP contribution in [0.15, 0.2) is 27.0 Å². The van der Waals surface area contributed by atoms with Crippen LogP contribution in [0.5, 0.6) is 0 Å². The summed E-state index contributed by atoms with van der Waals surface area (Å²) in [6, 6.07) is -1.03. The van der Waals surface area contributed by atoms with E-state index in [1.165, 1.54) is 18.9 Å². The molecule has 0 radical (unpaired) electrons. The lowest BCUT2D eigenvalue weighted by atomic mass is 10.0.